The van der Waals surface area contributed by atoms with Crippen LogP contribution < -0.4 is 5.32 Å². The van der Waals surface area contributed by atoms with Crippen LogP contribution >= 0.6 is 0 Å². The van der Waals surface area contributed by atoms with Crippen LogP contribution in [0.25, 0.3) is 0 Å². The Kier molecular flexibility index (Phi) is 7.54. The summed E-state index contributed by atoms with van der Waals surface area (Å²) < 4.78 is 0. The van der Waals surface area contributed by atoms with Crippen molar-refractivity contribution in [2.24, 2.45) is 0 Å². The number of nitrogens with one attached hydrogen (secondary N) is 1. The van der Waals surface area contributed by atoms with Crippen LogP contribution in [0.3, 0.4) is 0 Å². The maximum atomic E-state index is 3.46. The second-order valence-corrected chi connectivity index (χ2v) is 7.22. The lowest BCUT2D eigenvalue weighted by molar-refractivity contribution is 0.149. The Morgan fingerprint density at radius 1 is 1.09 bits per heavy atom. The van der Waals surface area contributed by atoms with Gasteiger partial charge in [-0.25, -0.2) is 0 Å². The van der Waals surface area contributed by atoms with Crippen molar-refractivity contribution in [3.8, 4) is 0 Å². The Hall–Kier alpha value is -0.900. The zero-order valence-electron chi connectivity index (χ0n) is 15.5. The summed E-state index contributed by atoms with van der Waals surface area (Å²) in [5.41, 5.74) is 2.90. The van der Waals surface area contributed by atoms with Gasteiger partial charge < -0.3 is 5.32 Å². The summed E-state index contributed by atoms with van der Waals surface area (Å²) in [6, 6.07) is 9.84. The van der Waals surface area contributed by atoms with Gasteiger partial charge in [-0.15, -0.1) is 0 Å². The number of likely N-dealkylation sites (N-methyl/N-ethyl adjacent to an activating group) is 1. The van der Waals surface area contributed by atoms with Gasteiger partial charge in [-0.2, -0.15) is 0 Å². The molecule has 1 N–H and O–H groups in total. The third-order valence-corrected chi connectivity index (χ3v) is 5.03. The topological polar surface area (TPSA) is 18.5 Å². The minimum Gasteiger partial charge on any atom is -0.314 e. The van der Waals surface area contributed by atoms with Crippen molar-refractivity contribution in [1.82, 2.24) is 15.1 Å². The van der Waals surface area contributed by atoms with Gasteiger partial charge in [0.25, 0.3) is 0 Å². The molecule has 1 heterocycles. The summed E-state index contributed by atoms with van der Waals surface area (Å²) in [7, 11) is 2.29. The van der Waals surface area contributed by atoms with Crippen molar-refractivity contribution in [3.63, 3.8) is 0 Å². The highest BCUT2D eigenvalue weighted by Gasteiger charge is 2.21. The molecule has 0 spiro atoms. The highest BCUT2D eigenvalue weighted by molar-refractivity contribution is 5.27. The highest BCUT2D eigenvalue weighted by atomic mass is 15.2. The van der Waals surface area contributed by atoms with Crippen molar-refractivity contribution in [2.45, 2.75) is 45.6 Å². The summed E-state index contributed by atoms with van der Waals surface area (Å²) in [4.78, 5) is 5.16. The van der Waals surface area contributed by atoms with Crippen LogP contribution in [0.1, 0.15) is 56.7 Å². The number of hydrogen-bond donors (Lipinski definition) is 1. The molecule has 23 heavy (non-hydrogen) atoms. The third kappa shape index (κ3) is 5.59. The summed E-state index contributed by atoms with van der Waals surface area (Å²) in [6.45, 7) is 13.7. The van der Waals surface area contributed by atoms with Gasteiger partial charge in [0, 0.05) is 38.8 Å². The van der Waals surface area contributed by atoms with E-state index in [9.17, 15) is 0 Å². The molecular formula is C20H35N3. The van der Waals surface area contributed by atoms with E-state index in [0.29, 0.717) is 12.0 Å². The van der Waals surface area contributed by atoms with Crippen LogP contribution in [-0.4, -0.2) is 56.1 Å². The summed E-state index contributed by atoms with van der Waals surface area (Å²) in [5, 5.41) is 3.46. The van der Waals surface area contributed by atoms with Gasteiger partial charge in [0.2, 0.25) is 0 Å². The van der Waals surface area contributed by atoms with E-state index in [1.54, 1.807) is 0 Å². The Balaban J connectivity index is 2.10. The van der Waals surface area contributed by atoms with Gasteiger partial charge in [0.1, 0.15) is 0 Å². The Labute approximate surface area is 143 Å². The predicted octanol–water partition coefficient (Wildman–Crippen LogP) is 3.49. The zero-order chi connectivity index (χ0) is 16.7. The fourth-order valence-electron chi connectivity index (χ4n) is 3.30. The first kappa shape index (κ1) is 18.4. The van der Waals surface area contributed by atoms with Gasteiger partial charge in [-0.1, -0.05) is 51.5 Å². The first-order chi connectivity index (χ1) is 11.1. The lowest BCUT2D eigenvalue weighted by atomic mass is 9.98. The third-order valence-electron chi connectivity index (χ3n) is 5.03. The number of nitrogens with zero attached hydrogens (tertiary/aromatic N) is 2. The molecule has 0 saturated carbocycles. The highest BCUT2D eigenvalue weighted by Crippen LogP contribution is 2.24. The molecule has 1 aromatic rings. The van der Waals surface area contributed by atoms with E-state index < -0.39 is 0 Å². The van der Waals surface area contributed by atoms with Crippen molar-refractivity contribution >= 4 is 0 Å². The predicted molar refractivity (Wildman–Crippen MR) is 100 cm³/mol. The van der Waals surface area contributed by atoms with E-state index in [2.05, 4.69) is 67.2 Å². The fourth-order valence-corrected chi connectivity index (χ4v) is 3.30. The smallest absolute Gasteiger partial charge is 0.0472 e. The van der Waals surface area contributed by atoms with Crippen LogP contribution in [0.2, 0.25) is 0 Å². The molecule has 1 fully saturated rings. The molecule has 1 aliphatic rings. The first-order valence-electron chi connectivity index (χ1n) is 9.35. The molecule has 1 saturated heterocycles. The average Bonchev–Trinajstić information content (AvgIpc) is 2.58. The molecule has 0 radical (unpaired) electrons. The first-order valence-corrected chi connectivity index (χ1v) is 9.35. The van der Waals surface area contributed by atoms with E-state index >= 15 is 0 Å². The van der Waals surface area contributed by atoms with E-state index in [4.69, 9.17) is 0 Å². The average molecular weight is 318 g/mol. The molecule has 0 aliphatic carbocycles. The van der Waals surface area contributed by atoms with Crippen LogP contribution in [0.15, 0.2) is 24.3 Å². The summed E-state index contributed by atoms with van der Waals surface area (Å²) in [6.07, 6.45) is 2.54. The number of piperazine rings is 1. The monoisotopic (exact) mass is 317 g/mol. The van der Waals surface area contributed by atoms with Gasteiger partial charge in [-0.05, 0) is 37.1 Å². The molecule has 1 aromatic carbocycles. The van der Waals surface area contributed by atoms with E-state index in [-0.39, 0.29) is 0 Å². The van der Waals surface area contributed by atoms with E-state index in [1.807, 2.05) is 0 Å². The van der Waals surface area contributed by atoms with Crippen LogP contribution in [-0.2, 0) is 0 Å². The number of hydrogen-bond acceptors (Lipinski definition) is 3. The Morgan fingerprint density at radius 2 is 1.70 bits per heavy atom. The number of benzene rings is 1. The van der Waals surface area contributed by atoms with Crippen LogP contribution in [0, 0.1) is 0 Å². The molecule has 130 valence electrons. The normalized spacial score (nSPS) is 17.8. The van der Waals surface area contributed by atoms with Crippen molar-refractivity contribution in [3.05, 3.63) is 35.4 Å². The summed E-state index contributed by atoms with van der Waals surface area (Å²) in [5.74, 6) is 0.605. The molecule has 2 rings (SSSR count). The minimum absolute atomic E-state index is 0.501. The van der Waals surface area contributed by atoms with E-state index in [1.165, 1.54) is 43.6 Å². The minimum atomic E-state index is 0.501. The van der Waals surface area contributed by atoms with Crippen molar-refractivity contribution < 1.29 is 0 Å². The molecular weight excluding hydrogens is 282 g/mol. The molecule has 0 amide bonds. The van der Waals surface area contributed by atoms with Gasteiger partial charge in [0.15, 0.2) is 0 Å². The number of unbranched alkanes of at least 4 members (excludes halogenated alkanes) is 1. The largest absolute Gasteiger partial charge is 0.314 e. The maximum Gasteiger partial charge on any atom is 0.0472 e. The van der Waals surface area contributed by atoms with Gasteiger partial charge >= 0.3 is 0 Å². The van der Waals surface area contributed by atoms with Gasteiger partial charge in [-0.3, -0.25) is 9.80 Å². The maximum absolute atomic E-state index is 3.46. The second-order valence-electron chi connectivity index (χ2n) is 7.22. The lowest BCUT2D eigenvalue weighted by Crippen LogP contribution is -2.47. The molecule has 1 atom stereocenters. The number of rotatable bonds is 8. The lowest BCUT2D eigenvalue weighted by Gasteiger charge is -2.35. The zero-order valence-corrected chi connectivity index (χ0v) is 15.5. The van der Waals surface area contributed by atoms with Crippen molar-refractivity contribution in [2.75, 3.05) is 46.3 Å². The van der Waals surface area contributed by atoms with Crippen LogP contribution in [0.5, 0.6) is 0 Å². The summed E-state index contributed by atoms with van der Waals surface area (Å²) >= 11 is 0. The molecule has 0 aromatic heterocycles. The molecule has 1 unspecified atom stereocenters. The Bertz CT molecular complexity index is 435. The molecule has 3 heteroatoms. The standard InChI is InChI=1S/C20H35N3/c1-5-6-13-22(4)20(16-23-14-11-21-12-15-23)19-9-7-18(8-10-19)17(2)3/h7-10,17,20-21H,5-6,11-16H2,1-4H3. The molecule has 0 bridgehead atoms. The van der Waals surface area contributed by atoms with E-state index in [0.717, 1.165) is 19.6 Å². The quantitative estimate of drug-likeness (QED) is 0.792. The van der Waals surface area contributed by atoms with Crippen molar-refractivity contribution in [1.29, 1.82) is 0 Å². The van der Waals surface area contributed by atoms with Gasteiger partial charge in [0.05, 0.1) is 0 Å². The SMILES string of the molecule is CCCCN(C)C(CN1CCNCC1)c1ccc(C(C)C)cc1. The Morgan fingerprint density at radius 3 is 2.26 bits per heavy atom. The molecule has 1 aliphatic heterocycles. The molecule has 3 nitrogen and oxygen atoms in total. The second kappa shape index (κ2) is 9.41. The fraction of sp³-hybridized carbons (Fsp3) is 0.700. The van der Waals surface area contributed by atoms with Crippen LogP contribution in [0.4, 0.5) is 0 Å².